The molecule has 0 bridgehead atoms. The van der Waals surface area contributed by atoms with Crippen LogP contribution < -0.4 is 5.32 Å². The van der Waals surface area contributed by atoms with Crippen molar-refractivity contribution < 1.29 is 5.11 Å². The van der Waals surface area contributed by atoms with Crippen molar-refractivity contribution >= 4 is 16.6 Å². The maximum Gasteiger partial charge on any atom is 0.141 e. The molecule has 0 amide bonds. The minimum atomic E-state index is 0.224. The number of hydrogen-bond donors (Lipinski definition) is 2. The fraction of sp³-hybridized carbons (Fsp3) is 0.167. The number of anilines is 1. The Morgan fingerprint density at radius 3 is 2.43 bits per heavy atom. The Kier molecular flexibility index (Phi) is 3.48. The van der Waals surface area contributed by atoms with Crippen molar-refractivity contribution in [2.45, 2.75) is 20.4 Å². The van der Waals surface area contributed by atoms with Gasteiger partial charge in [-0.25, -0.2) is 4.98 Å². The number of aromatic nitrogens is 1. The highest BCUT2D eigenvalue weighted by atomic mass is 16.3. The average molecular weight is 278 g/mol. The van der Waals surface area contributed by atoms with E-state index in [1.165, 1.54) is 11.1 Å². The van der Waals surface area contributed by atoms with Crippen LogP contribution in [-0.2, 0) is 6.54 Å². The summed E-state index contributed by atoms with van der Waals surface area (Å²) < 4.78 is 0. The predicted molar refractivity (Wildman–Crippen MR) is 86.7 cm³/mol. The second kappa shape index (κ2) is 5.44. The lowest BCUT2D eigenvalue weighted by molar-refractivity contribution is 0.480. The van der Waals surface area contributed by atoms with Gasteiger partial charge in [0.25, 0.3) is 0 Å². The third-order valence-corrected chi connectivity index (χ3v) is 3.68. The van der Waals surface area contributed by atoms with Gasteiger partial charge >= 0.3 is 0 Å². The van der Waals surface area contributed by atoms with E-state index in [4.69, 9.17) is 0 Å². The average Bonchev–Trinajstić information content (AvgIpc) is 2.47. The summed E-state index contributed by atoms with van der Waals surface area (Å²) in [5.41, 5.74) is 5.15. The number of phenolic OH excluding ortho intramolecular Hbond substituents is 1. The minimum absolute atomic E-state index is 0.224. The van der Waals surface area contributed by atoms with Gasteiger partial charge in [-0.2, -0.15) is 0 Å². The van der Waals surface area contributed by atoms with E-state index in [1.807, 2.05) is 24.3 Å². The molecule has 0 saturated heterocycles. The quantitative estimate of drug-likeness (QED) is 0.755. The van der Waals surface area contributed by atoms with Gasteiger partial charge in [0.1, 0.15) is 11.3 Å². The molecular formula is C18H18N2O. The van der Waals surface area contributed by atoms with Crippen LogP contribution in [0.5, 0.6) is 5.75 Å². The Labute approximate surface area is 124 Å². The molecule has 0 saturated carbocycles. The normalized spacial score (nSPS) is 10.8. The van der Waals surface area contributed by atoms with E-state index in [9.17, 15) is 5.11 Å². The number of hydrogen-bond acceptors (Lipinski definition) is 3. The first kappa shape index (κ1) is 13.4. The van der Waals surface area contributed by atoms with E-state index in [0.717, 1.165) is 16.8 Å². The molecular weight excluding hydrogens is 260 g/mol. The van der Waals surface area contributed by atoms with Crippen molar-refractivity contribution in [3.63, 3.8) is 0 Å². The summed E-state index contributed by atoms with van der Waals surface area (Å²) in [7, 11) is 0. The number of para-hydroxylation sites is 2. The molecule has 0 aliphatic carbocycles. The van der Waals surface area contributed by atoms with Crippen molar-refractivity contribution in [3.05, 3.63) is 65.4 Å². The number of aromatic hydroxyl groups is 1. The van der Waals surface area contributed by atoms with Gasteiger partial charge in [0.05, 0.1) is 12.2 Å². The molecule has 0 fully saturated rings. The zero-order chi connectivity index (χ0) is 14.8. The molecule has 3 heteroatoms. The van der Waals surface area contributed by atoms with Crippen LogP contribution in [0.2, 0.25) is 0 Å². The van der Waals surface area contributed by atoms with Gasteiger partial charge in [0.15, 0.2) is 0 Å². The summed E-state index contributed by atoms with van der Waals surface area (Å²) in [6.45, 7) is 4.82. The lowest BCUT2D eigenvalue weighted by atomic mass is 10.1. The molecule has 1 heterocycles. The smallest absolute Gasteiger partial charge is 0.141 e. The number of pyridine rings is 1. The predicted octanol–water partition coefficient (Wildman–Crippen LogP) is 4.17. The van der Waals surface area contributed by atoms with Crippen molar-refractivity contribution in [3.8, 4) is 5.75 Å². The number of rotatable bonds is 3. The number of aryl methyl sites for hydroxylation is 2. The van der Waals surface area contributed by atoms with Crippen molar-refractivity contribution in [2.75, 3.05) is 5.32 Å². The summed E-state index contributed by atoms with van der Waals surface area (Å²) in [6, 6.07) is 15.7. The molecule has 0 radical (unpaired) electrons. The third kappa shape index (κ3) is 2.68. The van der Waals surface area contributed by atoms with Crippen LogP contribution in [0.4, 0.5) is 5.69 Å². The molecule has 2 N–H and O–H groups in total. The summed E-state index contributed by atoms with van der Waals surface area (Å²) in [6.07, 6.45) is 0. The zero-order valence-corrected chi connectivity index (χ0v) is 12.2. The fourth-order valence-corrected chi connectivity index (χ4v) is 2.54. The van der Waals surface area contributed by atoms with E-state index in [2.05, 4.69) is 42.3 Å². The van der Waals surface area contributed by atoms with Gasteiger partial charge in [-0.1, -0.05) is 36.4 Å². The molecule has 0 aliphatic rings. The number of fused-ring (bicyclic) bond motifs is 1. The SMILES string of the molecule is Cc1cccc(C)c1NCc1ccc2cccc(O)c2n1. The first-order valence-electron chi connectivity index (χ1n) is 7.03. The molecule has 3 aromatic rings. The van der Waals surface area contributed by atoms with E-state index >= 15 is 0 Å². The molecule has 0 unspecified atom stereocenters. The largest absolute Gasteiger partial charge is 0.506 e. The topological polar surface area (TPSA) is 45.1 Å². The highest BCUT2D eigenvalue weighted by Crippen LogP contribution is 2.23. The van der Waals surface area contributed by atoms with Gasteiger partial charge in [0, 0.05) is 11.1 Å². The van der Waals surface area contributed by atoms with Gasteiger partial charge in [0.2, 0.25) is 0 Å². The number of benzene rings is 2. The second-order valence-corrected chi connectivity index (χ2v) is 5.27. The van der Waals surface area contributed by atoms with Gasteiger partial charge < -0.3 is 10.4 Å². The summed E-state index contributed by atoms with van der Waals surface area (Å²) in [5.74, 6) is 0.224. The lowest BCUT2D eigenvalue weighted by Crippen LogP contribution is -2.04. The molecule has 0 spiro atoms. The Morgan fingerprint density at radius 2 is 1.67 bits per heavy atom. The van der Waals surface area contributed by atoms with E-state index in [0.29, 0.717) is 12.1 Å². The van der Waals surface area contributed by atoms with Gasteiger partial charge in [-0.3, -0.25) is 0 Å². The standard InChI is InChI=1S/C18H18N2O/c1-12-5-3-6-13(2)17(12)19-11-15-10-9-14-7-4-8-16(21)18(14)20-15/h3-10,19,21H,11H2,1-2H3. The number of nitrogens with zero attached hydrogens (tertiary/aromatic N) is 1. The number of nitrogens with one attached hydrogen (secondary N) is 1. The highest BCUT2D eigenvalue weighted by molar-refractivity contribution is 5.84. The molecule has 3 nitrogen and oxygen atoms in total. The maximum atomic E-state index is 9.89. The van der Waals surface area contributed by atoms with Crippen LogP contribution in [0.25, 0.3) is 10.9 Å². The van der Waals surface area contributed by atoms with E-state index in [-0.39, 0.29) is 5.75 Å². The van der Waals surface area contributed by atoms with Gasteiger partial charge in [-0.05, 0) is 37.1 Å². The first-order chi connectivity index (χ1) is 10.1. The molecule has 3 rings (SSSR count). The summed E-state index contributed by atoms with van der Waals surface area (Å²) in [5, 5.41) is 14.3. The van der Waals surface area contributed by atoms with E-state index < -0.39 is 0 Å². The highest BCUT2D eigenvalue weighted by Gasteiger charge is 2.05. The zero-order valence-electron chi connectivity index (χ0n) is 12.2. The monoisotopic (exact) mass is 278 g/mol. The Balaban J connectivity index is 1.87. The molecule has 106 valence electrons. The van der Waals surface area contributed by atoms with Crippen LogP contribution in [-0.4, -0.2) is 10.1 Å². The second-order valence-electron chi connectivity index (χ2n) is 5.27. The van der Waals surface area contributed by atoms with Crippen LogP contribution in [0.3, 0.4) is 0 Å². The molecule has 2 aromatic carbocycles. The first-order valence-corrected chi connectivity index (χ1v) is 7.03. The summed E-state index contributed by atoms with van der Waals surface area (Å²) in [4.78, 5) is 4.54. The Morgan fingerprint density at radius 1 is 0.952 bits per heavy atom. The molecule has 0 atom stereocenters. The van der Waals surface area contributed by atoms with Crippen LogP contribution in [0.15, 0.2) is 48.5 Å². The van der Waals surface area contributed by atoms with E-state index in [1.54, 1.807) is 6.07 Å². The van der Waals surface area contributed by atoms with Crippen LogP contribution in [0.1, 0.15) is 16.8 Å². The molecule has 1 aromatic heterocycles. The minimum Gasteiger partial charge on any atom is -0.506 e. The van der Waals surface area contributed by atoms with Crippen LogP contribution >= 0.6 is 0 Å². The van der Waals surface area contributed by atoms with Crippen molar-refractivity contribution in [1.82, 2.24) is 4.98 Å². The number of phenols is 1. The molecule has 0 aliphatic heterocycles. The Hall–Kier alpha value is -2.55. The Bertz CT molecular complexity index is 776. The fourth-order valence-electron chi connectivity index (χ4n) is 2.54. The van der Waals surface area contributed by atoms with Crippen LogP contribution in [0, 0.1) is 13.8 Å². The van der Waals surface area contributed by atoms with Gasteiger partial charge in [-0.15, -0.1) is 0 Å². The third-order valence-electron chi connectivity index (χ3n) is 3.68. The maximum absolute atomic E-state index is 9.89. The molecule has 21 heavy (non-hydrogen) atoms. The van der Waals surface area contributed by atoms with Crippen molar-refractivity contribution in [2.24, 2.45) is 0 Å². The lowest BCUT2D eigenvalue weighted by Gasteiger charge is -2.12. The van der Waals surface area contributed by atoms with Crippen molar-refractivity contribution in [1.29, 1.82) is 0 Å². The summed E-state index contributed by atoms with van der Waals surface area (Å²) >= 11 is 0.